The first-order valence-corrected chi connectivity index (χ1v) is 8.19. The van der Waals surface area contributed by atoms with E-state index in [0.717, 1.165) is 29.6 Å². The molecule has 106 valence electrons. The van der Waals surface area contributed by atoms with Gasteiger partial charge in [-0.25, -0.2) is 4.98 Å². The molecule has 2 heterocycles. The third-order valence-corrected chi connectivity index (χ3v) is 3.95. The standard InChI is InChI=1S/C14H22ClN3S/c1-10(2)8-17(9-11(3)4)13-12(7-15)18-5-6-19-14(18)16-13/h5-6,10-11H,7-9H2,1-4H3. The van der Waals surface area contributed by atoms with E-state index in [4.69, 9.17) is 16.6 Å². The third kappa shape index (κ3) is 3.23. The van der Waals surface area contributed by atoms with Crippen molar-refractivity contribution in [3.8, 4) is 0 Å². The Hall–Kier alpha value is -0.740. The lowest BCUT2D eigenvalue weighted by Gasteiger charge is -2.27. The summed E-state index contributed by atoms with van der Waals surface area (Å²) in [5, 5.41) is 2.05. The maximum atomic E-state index is 6.14. The minimum atomic E-state index is 0.500. The number of nitrogens with zero attached hydrogens (tertiary/aromatic N) is 3. The van der Waals surface area contributed by atoms with E-state index in [2.05, 4.69) is 48.6 Å². The Bertz CT molecular complexity index is 520. The minimum absolute atomic E-state index is 0.500. The fourth-order valence-corrected chi connectivity index (χ4v) is 3.30. The molecule has 0 aliphatic carbocycles. The first kappa shape index (κ1) is 14.7. The predicted octanol–water partition coefficient (Wildman–Crippen LogP) is 4.25. The van der Waals surface area contributed by atoms with Gasteiger partial charge in [0.2, 0.25) is 0 Å². The number of thiazole rings is 1. The summed E-state index contributed by atoms with van der Waals surface area (Å²) in [4.78, 5) is 8.19. The first-order chi connectivity index (χ1) is 9.02. The molecule has 0 saturated heterocycles. The summed E-state index contributed by atoms with van der Waals surface area (Å²) in [5.74, 6) is 2.78. The number of aromatic nitrogens is 2. The molecule has 19 heavy (non-hydrogen) atoms. The SMILES string of the molecule is CC(C)CN(CC(C)C)c1nc2sccn2c1CCl. The number of fused-ring (bicyclic) bond motifs is 1. The Kier molecular flexibility index (Phi) is 4.74. The van der Waals surface area contributed by atoms with Gasteiger partial charge in [0.05, 0.1) is 11.6 Å². The summed E-state index contributed by atoms with van der Waals surface area (Å²) >= 11 is 7.80. The molecule has 2 aromatic heterocycles. The van der Waals surface area contributed by atoms with Crippen LogP contribution in [0.1, 0.15) is 33.4 Å². The van der Waals surface area contributed by atoms with Gasteiger partial charge in [-0.05, 0) is 11.8 Å². The summed E-state index contributed by atoms with van der Waals surface area (Å²) in [6, 6.07) is 0. The van der Waals surface area contributed by atoms with Gasteiger partial charge in [0.25, 0.3) is 0 Å². The molecule has 3 nitrogen and oxygen atoms in total. The Balaban J connectivity index is 2.39. The van der Waals surface area contributed by atoms with Crippen molar-refractivity contribution in [1.29, 1.82) is 0 Å². The maximum absolute atomic E-state index is 6.14. The zero-order valence-electron chi connectivity index (χ0n) is 12.1. The van der Waals surface area contributed by atoms with E-state index in [1.807, 2.05) is 0 Å². The van der Waals surface area contributed by atoms with Crippen molar-refractivity contribution in [1.82, 2.24) is 9.38 Å². The van der Waals surface area contributed by atoms with E-state index < -0.39 is 0 Å². The second kappa shape index (κ2) is 6.14. The van der Waals surface area contributed by atoms with Crippen LogP contribution in [0, 0.1) is 11.8 Å². The molecular weight excluding hydrogens is 278 g/mol. The molecule has 0 amide bonds. The third-order valence-electron chi connectivity index (χ3n) is 2.94. The molecule has 0 N–H and O–H groups in total. The van der Waals surface area contributed by atoms with Gasteiger partial charge >= 0.3 is 0 Å². The van der Waals surface area contributed by atoms with Gasteiger partial charge in [-0.3, -0.25) is 4.40 Å². The molecule has 0 fully saturated rings. The molecule has 2 aromatic rings. The molecule has 0 aliphatic rings. The van der Waals surface area contributed by atoms with Gasteiger partial charge in [-0.1, -0.05) is 27.7 Å². The number of hydrogen-bond acceptors (Lipinski definition) is 3. The van der Waals surface area contributed by atoms with E-state index >= 15 is 0 Å². The minimum Gasteiger partial charge on any atom is -0.355 e. The molecule has 0 atom stereocenters. The normalized spacial score (nSPS) is 11.9. The molecule has 0 radical (unpaired) electrons. The topological polar surface area (TPSA) is 20.5 Å². The Morgan fingerprint density at radius 3 is 2.42 bits per heavy atom. The van der Waals surface area contributed by atoms with Crippen molar-refractivity contribution < 1.29 is 0 Å². The van der Waals surface area contributed by atoms with Crippen LogP contribution >= 0.6 is 22.9 Å². The quantitative estimate of drug-likeness (QED) is 0.743. The molecular formula is C14H22ClN3S. The lowest BCUT2D eigenvalue weighted by molar-refractivity contribution is 0.548. The van der Waals surface area contributed by atoms with Crippen LogP contribution in [0.15, 0.2) is 11.6 Å². The van der Waals surface area contributed by atoms with Gasteiger partial charge in [-0.2, -0.15) is 0 Å². The summed E-state index contributed by atoms with van der Waals surface area (Å²) < 4.78 is 2.11. The zero-order valence-corrected chi connectivity index (χ0v) is 13.6. The molecule has 2 rings (SSSR count). The highest BCUT2D eigenvalue weighted by Crippen LogP contribution is 2.27. The number of halogens is 1. The van der Waals surface area contributed by atoms with Crippen molar-refractivity contribution in [2.45, 2.75) is 33.6 Å². The van der Waals surface area contributed by atoms with Crippen molar-refractivity contribution in [2.24, 2.45) is 11.8 Å². The van der Waals surface area contributed by atoms with Crippen molar-refractivity contribution in [3.63, 3.8) is 0 Å². The summed E-state index contributed by atoms with van der Waals surface area (Å²) in [5.41, 5.74) is 1.11. The second-order valence-electron chi connectivity index (χ2n) is 5.76. The van der Waals surface area contributed by atoms with Crippen molar-refractivity contribution in [3.05, 3.63) is 17.3 Å². The van der Waals surface area contributed by atoms with Crippen LogP contribution in [-0.2, 0) is 5.88 Å². The highest BCUT2D eigenvalue weighted by Gasteiger charge is 2.19. The molecule has 0 aliphatic heterocycles. The Labute approximate surface area is 124 Å². The van der Waals surface area contributed by atoms with Gasteiger partial charge in [0, 0.05) is 24.7 Å². The summed E-state index contributed by atoms with van der Waals surface area (Å²) in [6.45, 7) is 11.0. The van der Waals surface area contributed by atoms with Gasteiger partial charge in [-0.15, -0.1) is 22.9 Å². The highest BCUT2D eigenvalue weighted by atomic mass is 35.5. The van der Waals surface area contributed by atoms with E-state index in [0.29, 0.717) is 17.7 Å². The lowest BCUT2D eigenvalue weighted by atomic mass is 10.1. The first-order valence-electron chi connectivity index (χ1n) is 6.78. The maximum Gasteiger partial charge on any atom is 0.195 e. The molecule has 0 bridgehead atoms. The van der Waals surface area contributed by atoms with Crippen LogP contribution in [-0.4, -0.2) is 22.5 Å². The van der Waals surface area contributed by atoms with Crippen LogP contribution in [0.3, 0.4) is 0 Å². The smallest absolute Gasteiger partial charge is 0.195 e. The van der Waals surface area contributed by atoms with Crippen LogP contribution in [0.5, 0.6) is 0 Å². The van der Waals surface area contributed by atoms with Crippen LogP contribution in [0.4, 0.5) is 5.82 Å². The van der Waals surface area contributed by atoms with Crippen LogP contribution in [0.2, 0.25) is 0 Å². The molecule has 0 aromatic carbocycles. The fourth-order valence-electron chi connectivity index (χ4n) is 2.33. The molecule has 0 saturated carbocycles. The number of hydrogen-bond donors (Lipinski definition) is 0. The van der Waals surface area contributed by atoms with Crippen molar-refractivity contribution in [2.75, 3.05) is 18.0 Å². The second-order valence-corrected chi connectivity index (χ2v) is 6.90. The average molecular weight is 300 g/mol. The largest absolute Gasteiger partial charge is 0.355 e. The fraction of sp³-hybridized carbons (Fsp3) is 0.643. The zero-order chi connectivity index (χ0) is 14.0. The monoisotopic (exact) mass is 299 g/mol. The number of rotatable bonds is 6. The van der Waals surface area contributed by atoms with Crippen LogP contribution < -0.4 is 4.90 Å². The lowest BCUT2D eigenvalue weighted by Crippen LogP contribution is -2.32. The summed E-state index contributed by atoms with van der Waals surface area (Å²) in [6.07, 6.45) is 2.05. The van der Waals surface area contributed by atoms with Gasteiger partial charge in [0.15, 0.2) is 10.8 Å². The number of imidazole rings is 1. The molecule has 0 spiro atoms. The molecule has 0 unspecified atom stereocenters. The predicted molar refractivity (Wildman–Crippen MR) is 84.5 cm³/mol. The summed E-state index contributed by atoms with van der Waals surface area (Å²) in [7, 11) is 0. The van der Waals surface area contributed by atoms with E-state index in [1.54, 1.807) is 11.3 Å². The molecule has 5 heteroatoms. The van der Waals surface area contributed by atoms with E-state index in [-0.39, 0.29) is 0 Å². The van der Waals surface area contributed by atoms with Crippen LogP contribution in [0.25, 0.3) is 4.96 Å². The highest BCUT2D eigenvalue weighted by molar-refractivity contribution is 7.15. The number of alkyl halides is 1. The Morgan fingerprint density at radius 1 is 1.26 bits per heavy atom. The van der Waals surface area contributed by atoms with Gasteiger partial charge < -0.3 is 4.90 Å². The van der Waals surface area contributed by atoms with Crippen molar-refractivity contribution >= 4 is 33.7 Å². The average Bonchev–Trinajstić information content (AvgIpc) is 2.85. The Morgan fingerprint density at radius 2 is 1.89 bits per heavy atom. The number of anilines is 1. The van der Waals surface area contributed by atoms with E-state index in [1.165, 1.54) is 0 Å². The van der Waals surface area contributed by atoms with Gasteiger partial charge in [0.1, 0.15) is 0 Å². The van der Waals surface area contributed by atoms with E-state index in [9.17, 15) is 0 Å².